The molecule has 4 aliphatic rings. The van der Waals surface area contributed by atoms with Crippen LogP contribution in [-0.4, -0.2) is 17.0 Å². The van der Waals surface area contributed by atoms with E-state index in [9.17, 15) is 9.90 Å². The molecule has 2 nitrogen and oxygen atoms in total. The molecule has 0 heterocycles. The van der Waals surface area contributed by atoms with Gasteiger partial charge in [0, 0.05) is 5.41 Å². The lowest BCUT2D eigenvalue weighted by Gasteiger charge is -2.56. The van der Waals surface area contributed by atoms with E-state index in [0.29, 0.717) is 23.5 Å². The van der Waals surface area contributed by atoms with E-state index in [1.807, 2.05) is 18.2 Å². The fourth-order valence-corrected chi connectivity index (χ4v) is 7.19. The molecule has 5 rings (SSSR count). The van der Waals surface area contributed by atoms with E-state index in [-0.39, 0.29) is 16.9 Å². The molecule has 0 aliphatic heterocycles. The topological polar surface area (TPSA) is 37.3 Å². The first kappa shape index (κ1) is 18.4. The highest BCUT2D eigenvalue weighted by Gasteiger charge is 2.59. The van der Waals surface area contributed by atoms with Crippen LogP contribution < -0.4 is 0 Å². The molecule has 1 aromatic carbocycles. The number of allylic oxidation sites excluding steroid dienone is 2. The third kappa shape index (κ3) is 2.60. The summed E-state index contributed by atoms with van der Waals surface area (Å²) in [5.41, 5.74) is 3.73. The zero-order chi connectivity index (χ0) is 19.5. The zero-order valence-electron chi connectivity index (χ0n) is 17.2. The van der Waals surface area contributed by atoms with Gasteiger partial charge in [-0.25, -0.2) is 0 Å². The molecule has 28 heavy (non-hydrogen) atoms. The van der Waals surface area contributed by atoms with Crippen LogP contribution in [0.15, 0.2) is 47.6 Å². The summed E-state index contributed by atoms with van der Waals surface area (Å²) < 4.78 is 0. The van der Waals surface area contributed by atoms with Gasteiger partial charge < -0.3 is 5.11 Å². The molecule has 0 amide bonds. The summed E-state index contributed by atoms with van der Waals surface area (Å²) in [6.45, 7) is 4.69. The first-order valence-electron chi connectivity index (χ1n) is 11.1. The lowest BCUT2D eigenvalue weighted by atomic mass is 9.48. The first-order chi connectivity index (χ1) is 13.4. The average Bonchev–Trinajstić information content (AvgIpc) is 2.94. The fourth-order valence-electron chi connectivity index (χ4n) is 7.19. The van der Waals surface area contributed by atoms with E-state index in [1.54, 1.807) is 0 Å². The molecular weight excluding hydrogens is 344 g/mol. The van der Waals surface area contributed by atoms with E-state index >= 15 is 0 Å². The van der Waals surface area contributed by atoms with Gasteiger partial charge in [0.1, 0.15) is 0 Å². The normalized spacial score (nSPS) is 43.9. The summed E-state index contributed by atoms with van der Waals surface area (Å²) in [5.74, 6) is 2.14. The van der Waals surface area contributed by atoms with Crippen molar-refractivity contribution in [1.82, 2.24) is 0 Å². The third-order valence-electron chi connectivity index (χ3n) is 8.86. The number of carbonyl (C=O) groups is 1. The highest BCUT2D eigenvalue weighted by atomic mass is 16.3. The van der Waals surface area contributed by atoms with Gasteiger partial charge in [-0.1, -0.05) is 55.8 Å². The molecule has 0 aromatic heterocycles. The molecular formula is C26H32O2. The van der Waals surface area contributed by atoms with Crippen LogP contribution in [0.1, 0.15) is 64.4 Å². The molecule has 148 valence electrons. The van der Waals surface area contributed by atoms with Crippen LogP contribution in [0.2, 0.25) is 0 Å². The van der Waals surface area contributed by atoms with Gasteiger partial charge in [-0.05, 0) is 85.3 Å². The van der Waals surface area contributed by atoms with Gasteiger partial charge in [-0.3, -0.25) is 4.79 Å². The number of ketones is 1. The molecule has 1 N–H and O–H groups in total. The van der Waals surface area contributed by atoms with E-state index in [0.717, 1.165) is 56.1 Å². The molecule has 0 bridgehead atoms. The molecule has 0 saturated heterocycles. The van der Waals surface area contributed by atoms with Crippen molar-refractivity contribution in [2.75, 3.05) is 0 Å². The second-order valence-corrected chi connectivity index (χ2v) is 10.2. The molecule has 0 radical (unpaired) electrons. The fraction of sp³-hybridized carbons (Fsp3) is 0.577. The van der Waals surface area contributed by atoms with E-state index < -0.39 is 0 Å². The summed E-state index contributed by atoms with van der Waals surface area (Å²) in [4.78, 5) is 13.4. The number of aliphatic hydroxyl groups excluding tert-OH is 1. The molecule has 6 atom stereocenters. The zero-order valence-corrected chi connectivity index (χ0v) is 17.2. The summed E-state index contributed by atoms with van der Waals surface area (Å²) in [5, 5.41) is 10.2. The second kappa shape index (κ2) is 6.42. The van der Waals surface area contributed by atoms with Crippen molar-refractivity contribution >= 4 is 11.9 Å². The van der Waals surface area contributed by atoms with Gasteiger partial charge in [-0.2, -0.15) is 0 Å². The van der Waals surface area contributed by atoms with Crippen LogP contribution in [0, 0.1) is 28.6 Å². The van der Waals surface area contributed by atoms with E-state index in [2.05, 4.69) is 38.1 Å². The van der Waals surface area contributed by atoms with Crippen LogP contribution in [-0.2, 0) is 4.79 Å². The molecule has 3 fully saturated rings. The summed E-state index contributed by atoms with van der Waals surface area (Å²) in [7, 11) is 0. The van der Waals surface area contributed by atoms with Crippen LogP contribution in [0.4, 0.5) is 0 Å². The Morgan fingerprint density at radius 2 is 1.75 bits per heavy atom. The van der Waals surface area contributed by atoms with Crippen LogP contribution >= 0.6 is 0 Å². The van der Waals surface area contributed by atoms with Crippen LogP contribution in [0.3, 0.4) is 0 Å². The van der Waals surface area contributed by atoms with Crippen molar-refractivity contribution in [3.05, 3.63) is 53.1 Å². The largest absolute Gasteiger partial charge is 0.393 e. The van der Waals surface area contributed by atoms with Gasteiger partial charge in [-0.15, -0.1) is 0 Å². The summed E-state index contributed by atoms with van der Waals surface area (Å²) >= 11 is 0. The van der Waals surface area contributed by atoms with Gasteiger partial charge in [0.25, 0.3) is 0 Å². The van der Waals surface area contributed by atoms with Crippen molar-refractivity contribution in [2.45, 2.75) is 64.9 Å². The minimum atomic E-state index is -0.183. The van der Waals surface area contributed by atoms with E-state index in [4.69, 9.17) is 0 Å². The molecule has 4 aliphatic carbocycles. The van der Waals surface area contributed by atoms with Crippen molar-refractivity contribution < 1.29 is 9.90 Å². The minimum absolute atomic E-state index is 0.154. The number of hydrogen-bond acceptors (Lipinski definition) is 2. The molecule has 0 spiro atoms. The highest BCUT2D eigenvalue weighted by Crippen LogP contribution is 2.64. The Bertz CT molecular complexity index is 850. The van der Waals surface area contributed by atoms with Gasteiger partial charge in [0.05, 0.1) is 6.10 Å². The Hall–Kier alpha value is -1.67. The minimum Gasteiger partial charge on any atom is -0.393 e. The maximum Gasteiger partial charge on any atom is 0.165 e. The smallest absolute Gasteiger partial charge is 0.165 e. The number of rotatable bonds is 1. The number of benzene rings is 1. The number of fused-ring (bicyclic) bond motifs is 5. The van der Waals surface area contributed by atoms with Gasteiger partial charge in [0.2, 0.25) is 0 Å². The van der Waals surface area contributed by atoms with Crippen molar-refractivity contribution in [1.29, 1.82) is 0 Å². The predicted molar refractivity (Wildman–Crippen MR) is 113 cm³/mol. The van der Waals surface area contributed by atoms with Gasteiger partial charge in [0.15, 0.2) is 5.78 Å². The Balaban J connectivity index is 1.48. The van der Waals surface area contributed by atoms with Crippen molar-refractivity contribution in [3.63, 3.8) is 0 Å². The lowest BCUT2D eigenvalue weighted by Crippen LogP contribution is -2.50. The first-order valence-corrected chi connectivity index (χ1v) is 11.1. The molecule has 0 unspecified atom stereocenters. The standard InChI is InChI=1S/C26H32O2/c1-25-12-10-20(27)16-19(25)8-9-21-22(25)11-13-26(2)23(21)15-18(24(26)28)14-17-6-4-3-5-7-17/h3-8,14,20-23,27H,9-13,15-16H2,1-2H3/t20-,21-,22+,23-,25-,26-/m1/s1. The summed E-state index contributed by atoms with van der Waals surface area (Å²) in [6, 6.07) is 10.3. The SMILES string of the molecule is C[C@@]12CC[C@H]3[C@@H](CC=C4C[C@H](O)CC[C@]43C)[C@H]1CC(=Cc1ccccc1)C2=O. The predicted octanol–water partition coefficient (Wildman–Crippen LogP) is 5.57. The Morgan fingerprint density at radius 1 is 1.00 bits per heavy atom. The van der Waals surface area contributed by atoms with Crippen molar-refractivity contribution in [3.8, 4) is 0 Å². The molecule has 1 aromatic rings. The Labute approximate surface area is 168 Å². The summed E-state index contributed by atoms with van der Waals surface area (Å²) in [6.07, 6.45) is 11.5. The van der Waals surface area contributed by atoms with Crippen LogP contribution in [0.25, 0.3) is 6.08 Å². The number of hydrogen-bond donors (Lipinski definition) is 1. The van der Waals surface area contributed by atoms with Crippen molar-refractivity contribution in [2.24, 2.45) is 28.6 Å². The highest BCUT2D eigenvalue weighted by molar-refractivity contribution is 6.05. The molecule has 3 saturated carbocycles. The quantitative estimate of drug-likeness (QED) is 0.514. The second-order valence-electron chi connectivity index (χ2n) is 10.2. The number of aliphatic hydroxyl groups is 1. The van der Waals surface area contributed by atoms with Crippen LogP contribution in [0.5, 0.6) is 0 Å². The van der Waals surface area contributed by atoms with E-state index in [1.165, 1.54) is 5.57 Å². The maximum absolute atomic E-state index is 13.4. The number of Topliss-reactive ketones (excluding diaryl/α,β-unsaturated/α-hetero) is 1. The Morgan fingerprint density at radius 3 is 2.54 bits per heavy atom. The third-order valence-corrected chi connectivity index (χ3v) is 8.86. The van der Waals surface area contributed by atoms with Gasteiger partial charge >= 0.3 is 0 Å². The maximum atomic E-state index is 13.4. The average molecular weight is 377 g/mol. The Kier molecular flexibility index (Phi) is 4.21. The number of carbonyl (C=O) groups excluding carboxylic acids is 1. The lowest BCUT2D eigenvalue weighted by molar-refractivity contribution is -0.130. The monoisotopic (exact) mass is 376 g/mol. The molecule has 2 heteroatoms.